The third-order valence-electron chi connectivity index (χ3n) is 3.89. The summed E-state index contributed by atoms with van der Waals surface area (Å²) in [5.74, 6) is 0.715. The summed E-state index contributed by atoms with van der Waals surface area (Å²) in [6.45, 7) is 6.77. The Balaban J connectivity index is 2.04. The maximum absolute atomic E-state index is 5.89. The Morgan fingerprint density at radius 2 is 2.35 bits per heavy atom. The third kappa shape index (κ3) is 3.65. The molecule has 1 unspecified atom stereocenters. The van der Waals surface area contributed by atoms with Crippen molar-refractivity contribution in [3.05, 3.63) is 23.8 Å². The number of thiocarbonyl (C=S) groups is 1. The molecule has 0 spiro atoms. The standard InChI is InChI=1S/C15H23N3S2/c1-3-18-8-7-11(10-18)9-17-12-5-4-6-13(20-2)14(12)15(16)19/h4-6,11,17H,3,7-10H2,1-2H3,(H2,16,19). The van der Waals surface area contributed by atoms with Crippen molar-refractivity contribution in [3.8, 4) is 0 Å². The van der Waals surface area contributed by atoms with E-state index in [0.29, 0.717) is 10.9 Å². The highest BCUT2D eigenvalue weighted by Gasteiger charge is 2.21. The van der Waals surface area contributed by atoms with E-state index in [4.69, 9.17) is 18.0 Å². The van der Waals surface area contributed by atoms with Crippen LogP contribution in [-0.2, 0) is 0 Å². The number of benzene rings is 1. The molecule has 1 aromatic carbocycles. The first-order chi connectivity index (χ1) is 9.65. The SMILES string of the molecule is CCN1CCC(CNc2cccc(SC)c2C(N)=S)C1. The van der Waals surface area contributed by atoms with E-state index in [-0.39, 0.29) is 0 Å². The normalized spacial score (nSPS) is 19.2. The lowest BCUT2D eigenvalue weighted by molar-refractivity contribution is 0.345. The molecule has 1 saturated heterocycles. The number of hydrogen-bond acceptors (Lipinski definition) is 4. The van der Waals surface area contributed by atoms with Crippen molar-refractivity contribution in [2.45, 2.75) is 18.2 Å². The molecule has 2 rings (SSSR count). The van der Waals surface area contributed by atoms with Gasteiger partial charge >= 0.3 is 0 Å². The molecule has 20 heavy (non-hydrogen) atoms. The Hall–Kier alpha value is -0.780. The molecule has 0 amide bonds. The van der Waals surface area contributed by atoms with Crippen LogP contribution in [0.2, 0.25) is 0 Å². The molecule has 1 fully saturated rings. The Morgan fingerprint density at radius 1 is 1.55 bits per heavy atom. The smallest absolute Gasteiger partial charge is 0.107 e. The lowest BCUT2D eigenvalue weighted by atomic mass is 10.1. The quantitative estimate of drug-likeness (QED) is 0.625. The molecule has 1 aromatic rings. The van der Waals surface area contributed by atoms with Crippen molar-refractivity contribution in [2.75, 3.05) is 37.8 Å². The van der Waals surface area contributed by atoms with Gasteiger partial charge in [-0.1, -0.05) is 25.2 Å². The van der Waals surface area contributed by atoms with Gasteiger partial charge in [-0.25, -0.2) is 0 Å². The largest absolute Gasteiger partial charge is 0.389 e. The fourth-order valence-corrected chi connectivity index (χ4v) is 3.65. The molecule has 1 heterocycles. The number of anilines is 1. The van der Waals surface area contributed by atoms with E-state index < -0.39 is 0 Å². The zero-order chi connectivity index (χ0) is 14.5. The van der Waals surface area contributed by atoms with Crippen LogP contribution >= 0.6 is 24.0 Å². The molecular formula is C15H23N3S2. The van der Waals surface area contributed by atoms with Crippen molar-refractivity contribution in [2.24, 2.45) is 11.7 Å². The van der Waals surface area contributed by atoms with Gasteiger partial charge in [-0.15, -0.1) is 11.8 Å². The van der Waals surface area contributed by atoms with Crippen molar-refractivity contribution < 1.29 is 0 Å². The van der Waals surface area contributed by atoms with Gasteiger partial charge in [0.2, 0.25) is 0 Å². The van der Waals surface area contributed by atoms with E-state index in [9.17, 15) is 0 Å². The zero-order valence-electron chi connectivity index (χ0n) is 12.2. The van der Waals surface area contributed by atoms with Gasteiger partial charge in [0.05, 0.1) is 0 Å². The van der Waals surface area contributed by atoms with Crippen LogP contribution in [0.15, 0.2) is 23.1 Å². The van der Waals surface area contributed by atoms with Gasteiger partial charge in [0.15, 0.2) is 0 Å². The molecule has 3 N–H and O–H groups in total. The van der Waals surface area contributed by atoms with E-state index in [1.165, 1.54) is 19.5 Å². The Kier molecular flexibility index (Phi) is 5.69. The maximum atomic E-state index is 5.89. The molecule has 0 bridgehead atoms. The molecule has 1 aliphatic heterocycles. The van der Waals surface area contributed by atoms with Crippen LogP contribution in [-0.4, -0.2) is 42.3 Å². The van der Waals surface area contributed by atoms with E-state index in [0.717, 1.165) is 29.2 Å². The molecule has 0 aromatic heterocycles. The average molecular weight is 310 g/mol. The monoisotopic (exact) mass is 309 g/mol. The van der Waals surface area contributed by atoms with Gasteiger partial charge in [0.1, 0.15) is 4.99 Å². The first-order valence-corrected chi connectivity index (χ1v) is 8.72. The van der Waals surface area contributed by atoms with E-state index in [1.807, 2.05) is 0 Å². The minimum absolute atomic E-state index is 0.471. The van der Waals surface area contributed by atoms with Crippen molar-refractivity contribution >= 4 is 34.7 Å². The summed E-state index contributed by atoms with van der Waals surface area (Å²) in [6.07, 6.45) is 3.32. The van der Waals surface area contributed by atoms with Crippen LogP contribution in [0.4, 0.5) is 5.69 Å². The van der Waals surface area contributed by atoms with E-state index in [2.05, 4.69) is 41.6 Å². The molecule has 0 radical (unpaired) electrons. The van der Waals surface area contributed by atoms with Crippen LogP contribution < -0.4 is 11.1 Å². The zero-order valence-corrected chi connectivity index (χ0v) is 13.8. The summed E-state index contributed by atoms with van der Waals surface area (Å²) in [7, 11) is 0. The van der Waals surface area contributed by atoms with Crippen molar-refractivity contribution in [1.29, 1.82) is 0 Å². The minimum Gasteiger partial charge on any atom is -0.389 e. The van der Waals surface area contributed by atoms with E-state index >= 15 is 0 Å². The number of hydrogen-bond donors (Lipinski definition) is 2. The molecule has 1 atom stereocenters. The van der Waals surface area contributed by atoms with Gasteiger partial charge in [-0.2, -0.15) is 0 Å². The van der Waals surface area contributed by atoms with Gasteiger partial charge < -0.3 is 16.0 Å². The highest BCUT2D eigenvalue weighted by Crippen LogP contribution is 2.27. The molecule has 0 aliphatic carbocycles. The number of nitrogens with zero attached hydrogens (tertiary/aromatic N) is 1. The maximum Gasteiger partial charge on any atom is 0.107 e. The highest BCUT2D eigenvalue weighted by molar-refractivity contribution is 7.98. The summed E-state index contributed by atoms with van der Waals surface area (Å²) < 4.78 is 0. The summed E-state index contributed by atoms with van der Waals surface area (Å²) in [5.41, 5.74) is 7.94. The van der Waals surface area contributed by atoms with Crippen LogP contribution in [0.25, 0.3) is 0 Å². The van der Waals surface area contributed by atoms with Crippen LogP contribution in [0, 0.1) is 5.92 Å². The van der Waals surface area contributed by atoms with Gasteiger partial charge in [-0.3, -0.25) is 0 Å². The molecule has 5 heteroatoms. The topological polar surface area (TPSA) is 41.3 Å². The number of rotatable bonds is 6. The fourth-order valence-electron chi connectivity index (χ4n) is 2.72. The Labute approximate surface area is 131 Å². The molecule has 1 aliphatic rings. The van der Waals surface area contributed by atoms with Gasteiger partial charge in [0.25, 0.3) is 0 Å². The second-order valence-electron chi connectivity index (χ2n) is 5.18. The van der Waals surface area contributed by atoms with Crippen LogP contribution in [0.1, 0.15) is 18.9 Å². The van der Waals surface area contributed by atoms with Crippen LogP contribution in [0.5, 0.6) is 0 Å². The predicted molar refractivity (Wildman–Crippen MR) is 92.8 cm³/mol. The Bertz CT molecular complexity index is 476. The summed E-state index contributed by atoms with van der Waals surface area (Å²) >= 11 is 6.89. The van der Waals surface area contributed by atoms with Crippen molar-refractivity contribution in [3.63, 3.8) is 0 Å². The molecule has 3 nitrogen and oxygen atoms in total. The first kappa shape index (κ1) is 15.6. The average Bonchev–Trinajstić information content (AvgIpc) is 2.92. The lowest BCUT2D eigenvalue weighted by Gasteiger charge is -2.17. The summed E-state index contributed by atoms with van der Waals surface area (Å²) in [4.78, 5) is 4.11. The van der Waals surface area contributed by atoms with Gasteiger partial charge in [-0.05, 0) is 43.8 Å². The molecule has 0 saturated carbocycles. The second-order valence-corrected chi connectivity index (χ2v) is 6.46. The molecular weight excluding hydrogens is 286 g/mol. The fraction of sp³-hybridized carbons (Fsp3) is 0.533. The molecule has 110 valence electrons. The summed E-state index contributed by atoms with van der Waals surface area (Å²) in [5, 5.41) is 3.55. The predicted octanol–water partition coefficient (Wildman–Crippen LogP) is 2.80. The summed E-state index contributed by atoms with van der Waals surface area (Å²) in [6, 6.07) is 6.20. The van der Waals surface area contributed by atoms with Crippen molar-refractivity contribution in [1.82, 2.24) is 4.90 Å². The first-order valence-electron chi connectivity index (χ1n) is 7.08. The van der Waals surface area contributed by atoms with E-state index in [1.54, 1.807) is 11.8 Å². The number of likely N-dealkylation sites (tertiary alicyclic amines) is 1. The second kappa shape index (κ2) is 7.29. The lowest BCUT2D eigenvalue weighted by Crippen LogP contribution is -2.23. The van der Waals surface area contributed by atoms with Crippen LogP contribution in [0.3, 0.4) is 0 Å². The number of nitrogens with two attached hydrogens (primary N) is 1. The highest BCUT2D eigenvalue weighted by atomic mass is 32.2. The van der Waals surface area contributed by atoms with Gasteiger partial charge in [0, 0.05) is 29.2 Å². The Morgan fingerprint density at radius 3 is 2.95 bits per heavy atom. The number of thioether (sulfide) groups is 1. The minimum atomic E-state index is 0.471. The number of nitrogens with one attached hydrogen (secondary N) is 1. The third-order valence-corrected chi connectivity index (χ3v) is 4.88.